The summed E-state index contributed by atoms with van der Waals surface area (Å²) in [6, 6.07) is 1.22. The van der Waals surface area contributed by atoms with E-state index in [0.717, 1.165) is 12.0 Å². The van der Waals surface area contributed by atoms with Gasteiger partial charge in [-0.25, -0.2) is 9.18 Å². The molecule has 0 bridgehead atoms. The molecule has 1 saturated heterocycles. The number of nitrogens with zero attached hydrogens (tertiary/aromatic N) is 2. The number of aryl methyl sites for hydroxylation is 1. The Hall–Kier alpha value is -1.41. The number of hydrogen-bond donors (Lipinski definition) is 2. The summed E-state index contributed by atoms with van der Waals surface area (Å²) in [5.74, 6) is -1.79. The molecule has 27 heavy (non-hydrogen) atoms. The Bertz CT molecular complexity index is 973. The number of carboxylic acids is 1. The molecule has 0 amide bonds. The second-order valence-electron chi connectivity index (χ2n) is 7.27. The minimum absolute atomic E-state index is 0. The number of hydrogen-bond acceptors (Lipinski definition) is 4. The largest absolute Gasteiger partial charge is 1.00 e. The monoisotopic (exact) mass is 384 g/mol. The quantitative estimate of drug-likeness (QED) is 0.678. The summed E-state index contributed by atoms with van der Waals surface area (Å²) in [5.41, 5.74) is 0.932. The number of benzene rings is 1. The molecule has 2 aromatic rings. The summed E-state index contributed by atoms with van der Waals surface area (Å²) in [5, 5.41) is 19.2. The Kier molecular flexibility index (Phi) is 5.68. The zero-order valence-electron chi connectivity index (χ0n) is 16.5. The van der Waals surface area contributed by atoms with E-state index in [1.807, 2.05) is 11.8 Å². The first-order valence-corrected chi connectivity index (χ1v) is 8.95. The van der Waals surface area contributed by atoms with Crippen molar-refractivity contribution in [2.24, 2.45) is 0 Å². The summed E-state index contributed by atoms with van der Waals surface area (Å²) in [7, 11) is 0. The number of aliphatic hydroxyl groups is 1. The Morgan fingerprint density at radius 1 is 1.30 bits per heavy atom. The van der Waals surface area contributed by atoms with E-state index in [1.165, 1.54) is 12.3 Å². The molecule has 8 heteroatoms. The average molecular weight is 384 g/mol. The molecule has 140 valence electrons. The van der Waals surface area contributed by atoms with Gasteiger partial charge in [0.05, 0.1) is 17.3 Å². The molecule has 0 aliphatic carbocycles. The molecule has 6 nitrogen and oxygen atoms in total. The van der Waals surface area contributed by atoms with Gasteiger partial charge in [0.25, 0.3) is 0 Å². The van der Waals surface area contributed by atoms with Crippen molar-refractivity contribution in [3.63, 3.8) is 0 Å². The second kappa shape index (κ2) is 7.54. The summed E-state index contributed by atoms with van der Waals surface area (Å²) in [4.78, 5) is 26.0. The first kappa shape index (κ1) is 20.3. The number of halogens is 1. The van der Waals surface area contributed by atoms with E-state index in [4.69, 9.17) is 0 Å². The third kappa shape index (κ3) is 3.31. The molecule has 2 N–H and O–H groups in total. The molecule has 1 aromatic heterocycles. The number of aromatic nitrogens is 1. The Morgan fingerprint density at radius 2 is 1.96 bits per heavy atom. The summed E-state index contributed by atoms with van der Waals surface area (Å²) < 4.78 is 16.8. The van der Waals surface area contributed by atoms with Crippen LogP contribution >= 0.6 is 0 Å². The molecule has 4 rings (SSSR count). The van der Waals surface area contributed by atoms with Crippen LogP contribution in [0.3, 0.4) is 0 Å². The molecule has 1 fully saturated rings. The number of aliphatic hydroxyl groups excluding tert-OH is 1. The van der Waals surface area contributed by atoms with Crippen molar-refractivity contribution in [2.75, 3.05) is 18.0 Å². The van der Waals surface area contributed by atoms with Crippen molar-refractivity contribution in [3.05, 3.63) is 39.4 Å². The molecule has 0 radical (unpaired) electrons. The number of carboxylic acid groups (broad SMARTS) is 1. The van der Waals surface area contributed by atoms with E-state index in [9.17, 15) is 19.8 Å². The van der Waals surface area contributed by atoms with Crippen LogP contribution in [0.5, 0.6) is 0 Å². The second-order valence-corrected chi connectivity index (χ2v) is 7.27. The van der Waals surface area contributed by atoms with Gasteiger partial charge in [0, 0.05) is 36.3 Å². The number of aromatic carboxylic acids is 1. The Balaban J connectivity index is 0.00000140. The van der Waals surface area contributed by atoms with E-state index < -0.39 is 17.2 Å². The van der Waals surface area contributed by atoms with Crippen LogP contribution in [0.1, 0.15) is 49.6 Å². The number of rotatable bonds is 2. The van der Waals surface area contributed by atoms with E-state index in [0.29, 0.717) is 43.6 Å². The van der Waals surface area contributed by atoms with E-state index in [1.54, 1.807) is 4.57 Å². The van der Waals surface area contributed by atoms with Crippen molar-refractivity contribution < 1.29 is 50.4 Å². The van der Waals surface area contributed by atoms with Gasteiger partial charge in [0.2, 0.25) is 5.43 Å². The number of carbonyl (C=O) groups is 1. The van der Waals surface area contributed by atoms with Crippen LogP contribution in [0.2, 0.25) is 0 Å². The molecule has 0 unspecified atom stereocenters. The maximum Gasteiger partial charge on any atom is 1.00 e. The van der Waals surface area contributed by atoms with Crippen LogP contribution in [0, 0.1) is 5.82 Å². The minimum atomic E-state index is -1.30. The smallest absolute Gasteiger partial charge is 1.00 e. The van der Waals surface area contributed by atoms with Gasteiger partial charge in [0.15, 0.2) is 0 Å². The number of piperidine rings is 1. The summed E-state index contributed by atoms with van der Waals surface area (Å²) in [6.45, 7) is 3.09. The maximum absolute atomic E-state index is 15.0. The van der Waals surface area contributed by atoms with Crippen molar-refractivity contribution in [3.8, 4) is 0 Å². The van der Waals surface area contributed by atoms with Crippen molar-refractivity contribution in [1.82, 2.24) is 4.57 Å². The molecule has 2 aliphatic heterocycles. The van der Waals surface area contributed by atoms with Crippen molar-refractivity contribution in [2.45, 2.75) is 44.8 Å². The third-order valence-electron chi connectivity index (χ3n) is 5.64. The molecule has 0 spiro atoms. The van der Waals surface area contributed by atoms with E-state index in [2.05, 4.69) is 0 Å². The summed E-state index contributed by atoms with van der Waals surface area (Å²) >= 11 is 0. The van der Waals surface area contributed by atoms with Gasteiger partial charge in [-0.1, -0.05) is 0 Å². The first-order chi connectivity index (χ1) is 12.4. The molecular formula is C19H22FN2NaO4. The molecule has 0 saturated carbocycles. The van der Waals surface area contributed by atoms with Crippen LogP contribution < -0.4 is 39.9 Å². The molecule has 1 atom stereocenters. The standard InChI is InChI=1S/C19H21FN2O4.Na.H/c1-10-2-3-12-16-13(18(24)14(19(25)26)9-22(10)16)8-15(20)17(12)21-6-4-11(23)5-7-21;;/h8-11,23H,2-7H2,1H3,(H,25,26);;/q;+1;-1/t10-;;/m0../s1. The SMILES string of the molecule is C[C@H]1CCc2c(N3CCC(O)CC3)c(F)cc3c(=O)c(C(=O)O)cn1c23.[H-].[Na+]. The van der Waals surface area contributed by atoms with Crippen LogP contribution in [0.25, 0.3) is 10.9 Å². The fraction of sp³-hybridized carbons (Fsp3) is 0.474. The zero-order valence-corrected chi connectivity index (χ0v) is 17.5. The third-order valence-corrected chi connectivity index (χ3v) is 5.64. The van der Waals surface area contributed by atoms with Crippen LogP contribution in [0.4, 0.5) is 10.1 Å². The van der Waals surface area contributed by atoms with Crippen molar-refractivity contribution in [1.29, 1.82) is 0 Å². The number of pyridine rings is 1. The predicted molar refractivity (Wildman–Crippen MR) is 96.7 cm³/mol. The molecule has 3 heterocycles. The summed E-state index contributed by atoms with van der Waals surface area (Å²) in [6.07, 6.45) is 3.58. The van der Waals surface area contributed by atoms with Crippen LogP contribution in [0.15, 0.2) is 17.1 Å². The van der Waals surface area contributed by atoms with E-state index >= 15 is 4.39 Å². The van der Waals surface area contributed by atoms with Crippen LogP contribution in [-0.2, 0) is 6.42 Å². The van der Waals surface area contributed by atoms with Gasteiger partial charge < -0.3 is 21.1 Å². The van der Waals surface area contributed by atoms with Gasteiger partial charge in [0.1, 0.15) is 11.4 Å². The normalized spacial score (nSPS) is 19.8. The topological polar surface area (TPSA) is 82.8 Å². The van der Waals surface area contributed by atoms with Crippen molar-refractivity contribution >= 4 is 22.6 Å². The number of anilines is 1. The van der Waals surface area contributed by atoms with Crippen LogP contribution in [-0.4, -0.2) is 39.9 Å². The molecule has 2 aliphatic rings. The predicted octanol–water partition coefficient (Wildman–Crippen LogP) is -0.576. The average Bonchev–Trinajstić information content (AvgIpc) is 2.60. The fourth-order valence-electron chi connectivity index (χ4n) is 4.22. The van der Waals surface area contributed by atoms with Gasteiger partial charge in [-0.3, -0.25) is 4.79 Å². The Morgan fingerprint density at radius 3 is 2.59 bits per heavy atom. The molecule has 1 aromatic carbocycles. The zero-order chi connectivity index (χ0) is 18.6. The first-order valence-electron chi connectivity index (χ1n) is 8.95. The molecular weight excluding hydrogens is 362 g/mol. The fourth-order valence-corrected chi connectivity index (χ4v) is 4.22. The maximum atomic E-state index is 15.0. The Labute approximate surface area is 179 Å². The van der Waals surface area contributed by atoms with Gasteiger partial charge >= 0.3 is 35.5 Å². The van der Waals surface area contributed by atoms with Gasteiger partial charge in [-0.15, -0.1) is 0 Å². The van der Waals surface area contributed by atoms with Gasteiger partial charge in [-0.2, -0.15) is 0 Å². The van der Waals surface area contributed by atoms with E-state index in [-0.39, 0.29) is 54.1 Å². The van der Waals surface area contributed by atoms with Gasteiger partial charge in [-0.05, 0) is 38.7 Å². The minimum Gasteiger partial charge on any atom is -1.00 e.